The predicted octanol–water partition coefficient (Wildman–Crippen LogP) is 3.49. The molecule has 7 nitrogen and oxygen atoms in total. The summed E-state index contributed by atoms with van der Waals surface area (Å²) in [4.78, 5) is 13.4. The van der Waals surface area contributed by atoms with E-state index >= 15 is 0 Å². The predicted molar refractivity (Wildman–Crippen MR) is 118 cm³/mol. The van der Waals surface area contributed by atoms with Gasteiger partial charge in [-0.1, -0.05) is 11.6 Å². The summed E-state index contributed by atoms with van der Waals surface area (Å²) in [6.07, 6.45) is 0.283. The van der Waals surface area contributed by atoms with Crippen LogP contribution in [0.25, 0.3) is 0 Å². The number of benzene rings is 2. The van der Waals surface area contributed by atoms with Crippen LogP contribution in [0.1, 0.15) is 6.42 Å². The van der Waals surface area contributed by atoms with Gasteiger partial charge in [-0.15, -0.1) is 11.8 Å². The Morgan fingerprint density at radius 1 is 1.20 bits per heavy atom. The van der Waals surface area contributed by atoms with Crippen molar-refractivity contribution in [2.45, 2.75) is 16.2 Å². The molecule has 0 saturated carbocycles. The molecule has 0 aliphatic carbocycles. The number of halogens is 1. The fraction of sp³-hybridized carbons (Fsp3) is 0.350. The molecule has 2 aromatic carbocycles. The van der Waals surface area contributed by atoms with E-state index in [0.29, 0.717) is 29.7 Å². The van der Waals surface area contributed by atoms with E-state index in [0.717, 1.165) is 4.90 Å². The number of carbonyl (C=O) groups excluding carboxylic acids is 1. The van der Waals surface area contributed by atoms with Crippen LogP contribution in [0, 0.1) is 0 Å². The number of methoxy groups -OCH3 is 1. The molecule has 0 atom stereocenters. The molecule has 1 N–H and O–H groups in total. The summed E-state index contributed by atoms with van der Waals surface area (Å²) >= 11 is 7.41. The number of morpholine rings is 1. The smallest absolute Gasteiger partial charge is 0.246 e. The van der Waals surface area contributed by atoms with Gasteiger partial charge in [-0.25, -0.2) is 8.42 Å². The third-order valence-electron chi connectivity index (χ3n) is 4.45. The summed E-state index contributed by atoms with van der Waals surface area (Å²) in [6.45, 7) is 1.26. The Kier molecular flexibility index (Phi) is 8.01. The third kappa shape index (κ3) is 5.89. The number of nitrogens with zero attached hydrogens (tertiary/aromatic N) is 1. The lowest BCUT2D eigenvalue weighted by molar-refractivity contribution is -0.115. The first kappa shape index (κ1) is 22.9. The number of thioether (sulfide) groups is 1. The molecule has 1 fully saturated rings. The van der Waals surface area contributed by atoms with Gasteiger partial charge in [0.1, 0.15) is 10.6 Å². The van der Waals surface area contributed by atoms with E-state index in [-0.39, 0.29) is 36.1 Å². The SMILES string of the molecule is COc1ccc(NC(=O)CCSc2ccc(Cl)cc2)cc1S(=O)(=O)N1CCOCC1. The molecule has 30 heavy (non-hydrogen) atoms. The minimum Gasteiger partial charge on any atom is -0.495 e. The van der Waals surface area contributed by atoms with Crippen LogP contribution >= 0.6 is 23.4 Å². The normalized spacial score (nSPS) is 15.0. The molecule has 1 amide bonds. The van der Waals surface area contributed by atoms with Crippen molar-refractivity contribution in [1.82, 2.24) is 4.31 Å². The molecule has 2 aromatic rings. The Balaban J connectivity index is 1.65. The highest BCUT2D eigenvalue weighted by Gasteiger charge is 2.29. The molecular formula is C20H23ClN2O5S2. The number of hydrogen-bond acceptors (Lipinski definition) is 6. The largest absolute Gasteiger partial charge is 0.495 e. The van der Waals surface area contributed by atoms with Crippen molar-refractivity contribution in [2.75, 3.05) is 44.5 Å². The number of carbonyl (C=O) groups is 1. The van der Waals surface area contributed by atoms with Crippen molar-refractivity contribution >= 4 is 45.0 Å². The third-order valence-corrected chi connectivity index (χ3v) is 7.63. The van der Waals surface area contributed by atoms with Crippen molar-refractivity contribution < 1.29 is 22.7 Å². The molecule has 0 spiro atoms. The monoisotopic (exact) mass is 470 g/mol. The Hall–Kier alpha value is -1.78. The lowest BCUT2D eigenvalue weighted by atomic mass is 10.3. The minimum absolute atomic E-state index is 0.0280. The van der Waals surface area contributed by atoms with E-state index in [1.54, 1.807) is 36.0 Å². The highest BCUT2D eigenvalue weighted by Crippen LogP contribution is 2.30. The molecule has 0 radical (unpaired) electrons. The van der Waals surface area contributed by atoms with Gasteiger partial charge in [-0.2, -0.15) is 4.31 Å². The first-order chi connectivity index (χ1) is 14.4. The summed E-state index contributed by atoms with van der Waals surface area (Å²) in [7, 11) is -2.34. The van der Waals surface area contributed by atoms with Crippen LogP contribution in [-0.4, -0.2) is 57.8 Å². The van der Waals surface area contributed by atoms with Crippen LogP contribution < -0.4 is 10.1 Å². The first-order valence-electron chi connectivity index (χ1n) is 9.34. The van der Waals surface area contributed by atoms with Gasteiger partial charge in [0.05, 0.1) is 20.3 Å². The molecule has 10 heteroatoms. The highest BCUT2D eigenvalue weighted by atomic mass is 35.5. The van der Waals surface area contributed by atoms with Crippen LogP contribution in [0.3, 0.4) is 0 Å². The standard InChI is InChI=1S/C20H23ClN2O5S2/c1-27-18-7-4-16(14-19(18)30(25,26)23-9-11-28-12-10-23)22-20(24)8-13-29-17-5-2-15(21)3-6-17/h2-7,14H,8-13H2,1H3,(H,22,24). The van der Waals surface area contributed by atoms with Crippen molar-refractivity contribution in [1.29, 1.82) is 0 Å². The average molecular weight is 471 g/mol. The van der Waals surface area contributed by atoms with Gasteiger partial charge < -0.3 is 14.8 Å². The van der Waals surface area contributed by atoms with Crippen LogP contribution in [0.4, 0.5) is 5.69 Å². The van der Waals surface area contributed by atoms with E-state index in [2.05, 4.69) is 5.32 Å². The van der Waals surface area contributed by atoms with Gasteiger partial charge in [0, 0.05) is 40.9 Å². The summed E-state index contributed by atoms with van der Waals surface area (Å²) in [5.74, 6) is 0.622. The molecular weight excluding hydrogens is 448 g/mol. The molecule has 1 aliphatic heterocycles. The molecule has 1 saturated heterocycles. The van der Waals surface area contributed by atoms with E-state index in [1.807, 2.05) is 12.1 Å². The van der Waals surface area contributed by atoms with Gasteiger partial charge >= 0.3 is 0 Å². The number of rotatable bonds is 8. The molecule has 0 bridgehead atoms. The zero-order valence-electron chi connectivity index (χ0n) is 16.5. The number of hydrogen-bond donors (Lipinski definition) is 1. The second-order valence-corrected chi connectivity index (χ2v) is 9.99. The average Bonchev–Trinajstić information content (AvgIpc) is 2.75. The van der Waals surface area contributed by atoms with E-state index in [4.69, 9.17) is 21.1 Å². The minimum atomic E-state index is -3.76. The lowest BCUT2D eigenvalue weighted by Gasteiger charge is -2.26. The van der Waals surface area contributed by atoms with Crippen LogP contribution in [0.15, 0.2) is 52.3 Å². The van der Waals surface area contributed by atoms with Crippen LogP contribution in [0.5, 0.6) is 5.75 Å². The Bertz CT molecular complexity index is 977. The molecule has 162 valence electrons. The van der Waals surface area contributed by atoms with E-state index in [9.17, 15) is 13.2 Å². The van der Waals surface area contributed by atoms with Crippen molar-refractivity contribution in [3.8, 4) is 5.75 Å². The number of anilines is 1. The first-order valence-corrected chi connectivity index (χ1v) is 12.1. The fourth-order valence-corrected chi connectivity index (χ4v) is 5.47. The van der Waals surface area contributed by atoms with Gasteiger partial charge in [0.25, 0.3) is 0 Å². The summed E-state index contributed by atoms with van der Waals surface area (Å²) < 4.78 is 37.9. The maximum absolute atomic E-state index is 13.0. The number of ether oxygens (including phenoxy) is 2. The maximum Gasteiger partial charge on any atom is 0.246 e. The Labute approximate surface area is 185 Å². The molecule has 0 unspecified atom stereocenters. The number of sulfonamides is 1. The second-order valence-electron chi connectivity index (χ2n) is 6.48. The summed E-state index contributed by atoms with van der Waals surface area (Å²) in [5.41, 5.74) is 0.407. The number of amides is 1. The van der Waals surface area contributed by atoms with E-state index in [1.165, 1.54) is 17.5 Å². The molecule has 1 aliphatic rings. The van der Waals surface area contributed by atoms with Gasteiger partial charge in [0.15, 0.2) is 0 Å². The zero-order valence-corrected chi connectivity index (χ0v) is 18.9. The fourth-order valence-electron chi connectivity index (χ4n) is 2.90. The van der Waals surface area contributed by atoms with Crippen LogP contribution in [0.2, 0.25) is 5.02 Å². The zero-order chi connectivity index (χ0) is 21.6. The van der Waals surface area contributed by atoms with Gasteiger partial charge in [0.2, 0.25) is 15.9 Å². The van der Waals surface area contributed by atoms with Crippen molar-refractivity contribution in [2.24, 2.45) is 0 Å². The van der Waals surface area contributed by atoms with E-state index < -0.39 is 10.0 Å². The molecule has 0 aromatic heterocycles. The Morgan fingerprint density at radius 3 is 2.57 bits per heavy atom. The second kappa shape index (κ2) is 10.5. The lowest BCUT2D eigenvalue weighted by Crippen LogP contribution is -2.40. The Morgan fingerprint density at radius 2 is 1.90 bits per heavy atom. The number of nitrogens with one attached hydrogen (secondary N) is 1. The highest BCUT2D eigenvalue weighted by molar-refractivity contribution is 7.99. The van der Waals surface area contributed by atoms with Gasteiger partial charge in [-0.3, -0.25) is 4.79 Å². The van der Waals surface area contributed by atoms with Crippen molar-refractivity contribution in [3.05, 3.63) is 47.5 Å². The van der Waals surface area contributed by atoms with Crippen LogP contribution in [-0.2, 0) is 19.6 Å². The quantitative estimate of drug-likeness (QED) is 0.594. The molecule has 3 rings (SSSR count). The molecule has 1 heterocycles. The summed E-state index contributed by atoms with van der Waals surface area (Å²) in [5, 5.41) is 3.43. The van der Waals surface area contributed by atoms with Gasteiger partial charge in [-0.05, 0) is 42.5 Å². The topological polar surface area (TPSA) is 84.9 Å². The van der Waals surface area contributed by atoms with Crippen molar-refractivity contribution in [3.63, 3.8) is 0 Å². The maximum atomic E-state index is 13.0. The summed E-state index contributed by atoms with van der Waals surface area (Å²) in [6, 6.07) is 12.0.